The van der Waals surface area contributed by atoms with Gasteiger partial charge in [-0.25, -0.2) is 4.98 Å². The molecule has 0 amide bonds. The van der Waals surface area contributed by atoms with E-state index in [4.69, 9.17) is 4.74 Å². The molecule has 0 aliphatic carbocycles. The Morgan fingerprint density at radius 2 is 1.90 bits per heavy atom. The summed E-state index contributed by atoms with van der Waals surface area (Å²) in [7, 11) is 1.93. The first-order valence-corrected chi connectivity index (χ1v) is 6.92. The van der Waals surface area contributed by atoms with Crippen molar-refractivity contribution in [3.8, 4) is 11.6 Å². The molecule has 0 fully saturated rings. The zero-order chi connectivity index (χ0) is 14.7. The summed E-state index contributed by atoms with van der Waals surface area (Å²) in [6.45, 7) is 2.09. The maximum atomic E-state index is 5.76. The molecule has 1 N–H and O–H groups in total. The molecule has 0 saturated carbocycles. The standard InChI is InChI=1S/C17H17N3O/c1-12(18-2)14-7-8-17(20-10-14)21-15-9-13-5-3-4-6-16(13)19-11-15/h3-12,18H,1-2H3. The van der Waals surface area contributed by atoms with Crippen molar-refractivity contribution in [3.63, 3.8) is 0 Å². The average Bonchev–Trinajstić information content (AvgIpc) is 2.55. The van der Waals surface area contributed by atoms with Crippen LogP contribution in [-0.4, -0.2) is 17.0 Å². The molecule has 4 heteroatoms. The summed E-state index contributed by atoms with van der Waals surface area (Å²) < 4.78 is 5.76. The predicted octanol–water partition coefficient (Wildman–Crippen LogP) is 3.70. The Morgan fingerprint density at radius 3 is 2.67 bits per heavy atom. The van der Waals surface area contributed by atoms with Crippen LogP contribution < -0.4 is 10.1 Å². The van der Waals surface area contributed by atoms with E-state index >= 15 is 0 Å². The first-order valence-electron chi connectivity index (χ1n) is 6.92. The Morgan fingerprint density at radius 1 is 1.05 bits per heavy atom. The molecule has 1 aromatic carbocycles. The van der Waals surface area contributed by atoms with Crippen LogP contribution in [0, 0.1) is 0 Å². The number of para-hydroxylation sites is 1. The number of fused-ring (bicyclic) bond motifs is 1. The molecular weight excluding hydrogens is 262 g/mol. The number of benzene rings is 1. The molecule has 21 heavy (non-hydrogen) atoms. The lowest BCUT2D eigenvalue weighted by atomic mass is 10.1. The molecule has 0 radical (unpaired) electrons. The highest BCUT2D eigenvalue weighted by atomic mass is 16.5. The molecule has 0 spiro atoms. The fourth-order valence-corrected chi connectivity index (χ4v) is 2.10. The van der Waals surface area contributed by atoms with Crippen molar-refractivity contribution in [3.05, 3.63) is 60.4 Å². The minimum atomic E-state index is 0.272. The SMILES string of the molecule is CNC(C)c1ccc(Oc2cnc3ccccc3c2)nc1. The summed E-state index contributed by atoms with van der Waals surface area (Å²) in [5, 5.41) is 4.23. The highest BCUT2D eigenvalue weighted by Crippen LogP contribution is 2.23. The topological polar surface area (TPSA) is 47.0 Å². The molecule has 1 unspecified atom stereocenters. The Kier molecular flexibility index (Phi) is 3.79. The lowest BCUT2D eigenvalue weighted by Crippen LogP contribution is -2.12. The van der Waals surface area contributed by atoms with Crippen molar-refractivity contribution in [2.75, 3.05) is 7.05 Å². The van der Waals surface area contributed by atoms with Crippen LogP contribution >= 0.6 is 0 Å². The number of aromatic nitrogens is 2. The van der Waals surface area contributed by atoms with E-state index in [-0.39, 0.29) is 6.04 Å². The van der Waals surface area contributed by atoms with Crippen LogP contribution in [-0.2, 0) is 0 Å². The van der Waals surface area contributed by atoms with Crippen molar-refractivity contribution >= 4 is 10.9 Å². The summed E-state index contributed by atoms with van der Waals surface area (Å²) >= 11 is 0. The number of nitrogens with one attached hydrogen (secondary N) is 1. The van der Waals surface area contributed by atoms with Gasteiger partial charge in [0.25, 0.3) is 0 Å². The number of ether oxygens (including phenoxy) is 1. The Bertz CT molecular complexity index is 740. The van der Waals surface area contributed by atoms with Gasteiger partial charge in [-0.15, -0.1) is 0 Å². The first-order chi connectivity index (χ1) is 10.3. The molecule has 0 saturated heterocycles. The third kappa shape index (κ3) is 3.01. The smallest absolute Gasteiger partial charge is 0.219 e. The minimum absolute atomic E-state index is 0.272. The van der Waals surface area contributed by atoms with Crippen LogP contribution in [0.4, 0.5) is 0 Å². The number of hydrogen-bond acceptors (Lipinski definition) is 4. The number of rotatable bonds is 4. The van der Waals surface area contributed by atoms with Gasteiger partial charge < -0.3 is 10.1 Å². The van der Waals surface area contributed by atoms with Gasteiger partial charge >= 0.3 is 0 Å². The monoisotopic (exact) mass is 279 g/mol. The molecule has 2 heterocycles. The van der Waals surface area contributed by atoms with Gasteiger partial charge in [-0.2, -0.15) is 0 Å². The molecule has 3 aromatic rings. The van der Waals surface area contributed by atoms with Crippen molar-refractivity contribution in [1.29, 1.82) is 0 Å². The molecule has 0 bridgehead atoms. The lowest BCUT2D eigenvalue weighted by Gasteiger charge is -2.11. The quantitative estimate of drug-likeness (QED) is 0.791. The van der Waals surface area contributed by atoms with Crippen LogP contribution in [0.1, 0.15) is 18.5 Å². The second-order valence-corrected chi connectivity index (χ2v) is 4.91. The third-order valence-corrected chi connectivity index (χ3v) is 3.48. The van der Waals surface area contributed by atoms with E-state index in [0.717, 1.165) is 16.5 Å². The normalized spacial score (nSPS) is 12.3. The van der Waals surface area contributed by atoms with Crippen LogP contribution in [0.15, 0.2) is 54.9 Å². The molecule has 2 aromatic heterocycles. The zero-order valence-electron chi connectivity index (χ0n) is 12.1. The summed E-state index contributed by atoms with van der Waals surface area (Å²) in [5.74, 6) is 1.26. The zero-order valence-corrected chi connectivity index (χ0v) is 12.1. The van der Waals surface area contributed by atoms with E-state index in [1.807, 2.05) is 55.7 Å². The van der Waals surface area contributed by atoms with Gasteiger partial charge in [-0.3, -0.25) is 4.98 Å². The highest BCUT2D eigenvalue weighted by Gasteiger charge is 2.05. The van der Waals surface area contributed by atoms with Crippen LogP contribution in [0.2, 0.25) is 0 Å². The van der Waals surface area contributed by atoms with Gasteiger partial charge in [-0.05, 0) is 31.7 Å². The van der Waals surface area contributed by atoms with E-state index < -0.39 is 0 Å². The molecule has 4 nitrogen and oxygen atoms in total. The fourth-order valence-electron chi connectivity index (χ4n) is 2.10. The van der Waals surface area contributed by atoms with E-state index in [1.165, 1.54) is 0 Å². The number of nitrogens with zero attached hydrogens (tertiary/aromatic N) is 2. The molecule has 1 atom stereocenters. The summed E-state index contributed by atoms with van der Waals surface area (Å²) in [6.07, 6.45) is 3.54. The third-order valence-electron chi connectivity index (χ3n) is 3.48. The summed E-state index contributed by atoms with van der Waals surface area (Å²) in [6, 6.07) is 14.1. The summed E-state index contributed by atoms with van der Waals surface area (Å²) in [5.41, 5.74) is 2.08. The van der Waals surface area contributed by atoms with Crippen molar-refractivity contribution in [2.24, 2.45) is 0 Å². The van der Waals surface area contributed by atoms with E-state index in [1.54, 1.807) is 6.20 Å². The maximum absolute atomic E-state index is 5.76. The van der Waals surface area contributed by atoms with Gasteiger partial charge in [0.2, 0.25) is 5.88 Å². The Hall–Kier alpha value is -2.46. The van der Waals surface area contributed by atoms with Gasteiger partial charge in [0, 0.05) is 23.7 Å². The average molecular weight is 279 g/mol. The van der Waals surface area contributed by atoms with Crippen molar-refractivity contribution in [2.45, 2.75) is 13.0 Å². The van der Waals surface area contributed by atoms with Gasteiger partial charge in [0.15, 0.2) is 0 Å². The second-order valence-electron chi connectivity index (χ2n) is 4.91. The first kappa shape index (κ1) is 13.5. The lowest BCUT2D eigenvalue weighted by molar-refractivity contribution is 0.460. The molecule has 0 aliphatic heterocycles. The van der Waals surface area contributed by atoms with Crippen molar-refractivity contribution in [1.82, 2.24) is 15.3 Å². The van der Waals surface area contributed by atoms with Gasteiger partial charge in [0.1, 0.15) is 5.75 Å². The largest absolute Gasteiger partial charge is 0.437 e. The van der Waals surface area contributed by atoms with E-state index in [0.29, 0.717) is 11.6 Å². The second kappa shape index (κ2) is 5.89. The van der Waals surface area contributed by atoms with Crippen LogP contribution in [0.5, 0.6) is 11.6 Å². The molecular formula is C17H17N3O. The predicted molar refractivity (Wildman–Crippen MR) is 83.5 cm³/mol. The van der Waals surface area contributed by atoms with Gasteiger partial charge in [0.05, 0.1) is 11.7 Å². The molecule has 0 aliphatic rings. The molecule has 3 rings (SSSR count). The van der Waals surface area contributed by atoms with Crippen molar-refractivity contribution < 1.29 is 4.74 Å². The van der Waals surface area contributed by atoms with Crippen LogP contribution in [0.3, 0.4) is 0 Å². The summed E-state index contributed by atoms with van der Waals surface area (Å²) in [4.78, 5) is 8.71. The maximum Gasteiger partial charge on any atom is 0.219 e. The Labute approximate surface area is 123 Å². The van der Waals surface area contributed by atoms with Crippen LogP contribution in [0.25, 0.3) is 10.9 Å². The van der Waals surface area contributed by atoms with Gasteiger partial charge in [-0.1, -0.05) is 24.3 Å². The minimum Gasteiger partial charge on any atom is -0.437 e. The highest BCUT2D eigenvalue weighted by molar-refractivity contribution is 5.79. The number of hydrogen-bond donors (Lipinski definition) is 1. The number of pyridine rings is 2. The van der Waals surface area contributed by atoms with E-state index in [9.17, 15) is 0 Å². The fraction of sp³-hybridized carbons (Fsp3) is 0.176. The Balaban J connectivity index is 1.81. The van der Waals surface area contributed by atoms with E-state index in [2.05, 4.69) is 22.2 Å². The molecule has 106 valence electrons.